The van der Waals surface area contributed by atoms with Gasteiger partial charge in [0.05, 0.1) is 16.9 Å². The Morgan fingerprint density at radius 3 is 2.53 bits per heavy atom. The predicted molar refractivity (Wildman–Crippen MR) is 99.2 cm³/mol. The number of hydrogen-bond donors (Lipinski definition) is 0. The third kappa shape index (κ3) is 6.08. The van der Waals surface area contributed by atoms with Gasteiger partial charge in [0.1, 0.15) is 12.4 Å². The van der Waals surface area contributed by atoms with E-state index in [1.165, 1.54) is 12.1 Å². The first kappa shape index (κ1) is 22.8. The van der Waals surface area contributed by atoms with E-state index in [0.717, 1.165) is 35.7 Å². The van der Waals surface area contributed by atoms with E-state index in [1.54, 1.807) is 0 Å². The minimum absolute atomic E-state index is 0.0758. The Morgan fingerprint density at radius 2 is 1.90 bits per heavy atom. The molecule has 11 heteroatoms. The number of benzene rings is 1. The molecule has 7 nitrogen and oxygen atoms in total. The normalized spacial score (nSPS) is 21.9. The van der Waals surface area contributed by atoms with Crippen molar-refractivity contribution in [2.45, 2.75) is 49.5 Å². The largest absolute Gasteiger partial charge is 0.573 e. The van der Waals surface area contributed by atoms with Crippen molar-refractivity contribution in [1.29, 1.82) is 0 Å². The molecule has 1 aromatic rings. The summed E-state index contributed by atoms with van der Waals surface area (Å²) in [6.45, 7) is 1.01. The molecule has 1 unspecified atom stereocenters. The maximum atomic E-state index is 12.8. The maximum Gasteiger partial charge on any atom is 0.573 e. The summed E-state index contributed by atoms with van der Waals surface area (Å²) in [6.07, 6.45) is -1.56. The molecule has 2 fully saturated rings. The zero-order valence-electron chi connectivity index (χ0n) is 16.3. The highest BCUT2D eigenvalue weighted by atomic mass is 32.2. The van der Waals surface area contributed by atoms with Gasteiger partial charge in [0.25, 0.3) is 0 Å². The number of hydrogen-bond acceptors (Lipinski definition) is 6. The van der Waals surface area contributed by atoms with Crippen LogP contribution in [0.5, 0.6) is 5.75 Å². The standard InChI is InChI=1S/C19H24F3NO6S/c20-19(21,22)29-15-5-3-6-17(12-15)30(25,26)23-9-7-14(8-10-23)18(24)28-13-16-4-1-2-11-27-16/h3,5-6,12,14,16H,1-2,4,7-11,13H2. The molecule has 0 saturated carbocycles. The molecule has 168 valence electrons. The van der Waals surface area contributed by atoms with Crippen LogP contribution < -0.4 is 4.74 Å². The fourth-order valence-corrected chi connectivity index (χ4v) is 5.05. The molecule has 0 aliphatic carbocycles. The minimum atomic E-state index is -4.91. The molecule has 2 heterocycles. The molecule has 0 amide bonds. The van der Waals surface area contributed by atoms with Crippen LogP contribution in [0.3, 0.4) is 0 Å². The molecular formula is C19H24F3NO6S. The molecule has 0 radical (unpaired) electrons. The summed E-state index contributed by atoms with van der Waals surface area (Å²) in [5.41, 5.74) is 0. The van der Waals surface area contributed by atoms with Crippen molar-refractivity contribution in [2.75, 3.05) is 26.3 Å². The van der Waals surface area contributed by atoms with Crippen molar-refractivity contribution in [3.63, 3.8) is 0 Å². The van der Waals surface area contributed by atoms with Gasteiger partial charge in [-0.1, -0.05) is 6.07 Å². The van der Waals surface area contributed by atoms with E-state index in [2.05, 4.69) is 4.74 Å². The van der Waals surface area contributed by atoms with Crippen LogP contribution in [-0.4, -0.2) is 57.5 Å². The van der Waals surface area contributed by atoms with Crippen molar-refractivity contribution in [3.05, 3.63) is 24.3 Å². The number of carbonyl (C=O) groups is 1. The van der Waals surface area contributed by atoms with Crippen LogP contribution in [0.1, 0.15) is 32.1 Å². The molecule has 1 atom stereocenters. The number of carbonyl (C=O) groups excluding carboxylic acids is 1. The molecular weight excluding hydrogens is 427 g/mol. The number of rotatable bonds is 6. The van der Waals surface area contributed by atoms with Gasteiger partial charge in [-0.25, -0.2) is 8.42 Å². The summed E-state index contributed by atoms with van der Waals surface area (Å²) in [5.74, 6) is -1.39. The molecule has 30 heavy (non-hydrogen) atoms. The molecule has 1 aromatic carbocycles. The Balaban J connectivity index is 1.54. The van der Waals surface area contributed by atoms with Crippen molar-refractivity contribution < 1.29 is 40.6 Å². The SMILES string of the molecule is O=C(OCC1CCCCO1)C1CCN(S(=O)(=O)c2cccc(OC(F)(F)F)c2)CC1. The Hall–Kier alpha value is -1.85. The first-order valence-electron chi connectivity index (χ1n) is 9.79. The number of nitrogens with zero attached hydrogens (tertiary/aromatic N) is 1. The van der Waals surface area contributed by atoms with E-state index in [-0.39, 0.29) is 49.5 Å². The van der Waals surface area contributed by atoms with Crippen LogP contribution in [0.15, 0.2) is 29.2 Å². The predicted octanol–water partition coefficient (Wildman–Crippen LogP) is 3.10. The number of sulfonamides is 1. The lowest BCUT2D eigenvalue weighted by molar-refractivity contribution is -0.274. The van der Waals surface area contributed by atoms with Crippen molar-refractivity contribution in [1.82, 2.24) is 4.31 Å². The third-order valence-electron chi connectivity index (χ3n) is 5.15. The van der Waals surface area contributed by atoms with E-state index in [4.69, 9.17) is 9.47 Å². The fourth-order valence-electron chi connectivity index (χ4n) is 3.54. The minimum Gasteiger partial charge on any atom is -0.463 e. The van der Waals surface area contributed by atoms with Crippen LogP contribution >= 0.6 is 0 Å². The second-order valence-electron chi connectivity index (χ2n) is 7.32. The molecule has 2 saturated heterocycles. The lowest BCUT2D eigenvalue weighted by Crippen LogP contribution is -2.41. The summed E-state index contributed by atoms with van der Waals surface area (Å²) in [7, 11) is -4.00. The van der Waals surface area contributed by atoms with E-state index in [1.807, 2.05) is 0 Å². The van der Waals surface area contributed by atoms with Gasteiger partial charge in [-0.2, -0.15) is 4.31 Å². The average Bonchev–Trinajstić information content (AvgIpc) is 2.72. The van der Waals surface area contributed by atoms with Crippen molar-refractivity contribution in [3.8, 4) is 5.75 Å². The Morgan fingerprint density at radius 1 is 1.17 bits per heavy atom. The zero-order chi connectivity index (χ0) is 21.8. The second-order valence-corrected chi connectivity index (χ2v) is 9.26. The summed E-state index contributed by atoms with van der Waals surface area (Å²) in [6, 6.07) is 4.27. The highest BCUT2D eigenvalue weighted by Crippen LogP contribution is 2.29. The average molecular weight is 451 g/mol. The van der Waals surface area contributed by atoms with Gasteiger partial charge in [-0.3, -0.25) is 4.79 Å². The highest BCUT2D eigenvalue weighted by molar-refractivity contribution is 7.89. The van der Waals surface area contributed by atoms with Crippen molar-refractivity contribution in [2.24, 2.45) is 5.92 Å². The lowest BCUT2D eigenvalue weighted by Gasteiger charge is -2.30. The number of halogens is 3. The van der Waals surface area contributed by atoms with Crippen LogP contribution in [0.2, 0.25) is 0 Å². The van der Waals surface area contributed by atoms with Crippen LogP contribution in [-0.2, 0) is 24.3 Å². The Bertz CT molecular complexity index is 831. The summed E-state index contributed by atoms with van der Waals surface area (Å²) in [4.78, 5) is 12.0. The first-order valence-corrected chi connectivity index (χ1v) is 11.2. The van der Waals surface area contributed by atoms with Crippen LogP contribution in [0, 0.1) is 5.92 Å². The second kappa shape index (κ2) is 9.52. The van der Waals surface area contributed by atoms with E-state index < -0.39 is 28.1 Å². The van der Waals surface area contributed by atoms with Gasteiger partial charge in [0.15, 0.2) is 0 Å². The molecule has 2 aliphatic heterocycles. The van der Waals surface area contributed by atoms with E-state index in [9.17, 15) is 26.4 Å². The van der Waals surface area contributed by atoms with Crippen molar-refractivity contribution >= 4 is 16.0 Å². The van der Waals surface area contributed by atoms with Gasteiger partial charge >= 0.3 is 12.3 Å². The quantitative estimate of drug-likeness (QED) is 0.619. The topological polar surface area (TPSA) is 82.1 Å². The molecule has 0 bridgehead atoms. The summed E-state index contributed by atoms with van der Waals surface area (Å²) in [5, 5.41) is 0. The summed E-state index contributed by atoms with van der Waals surface area (Å²) < 4.78 is 78.5. The maximum absolute atomic E-state index is 12.8. The lowest BCUT2D eigenvalue weighted by atomic mass is 9.98. The van der Waals surface area contributed by atoms with Crippen LogP contribution in [0.25, 0.3) is 0 Å². The van der Waals surface area contributed by atoms with Gasteiger partial charge in [-0.05, 0) is 44.2 Å². The van der Waals surface area contributed by atoms with Crippen LogP contribution in [0.4, 0.5) is 13.2 Å². The Labute approximate surface area is 173 Å². The smallest absolute Gasteiger partial charge is 0.463 e. The molecule has 2 aliphatic rings. The van der Waals surface area contributed by atoms with Gasteiger partial charge in [0.2, 0.25) is 10.0 Å². The Kier molecular flexibility index (Phi) is 7.25. The third-order valence-corrected chi connectivity index (χ3v) is 7.04. The van der Waals surface area contributed by atoms with Gasteiger partial charge in [-0.15, -0.1) is 13.2 Å². The highest BCUT2D eigenvalue weighted by Gasteiger charge is 2.35. The zero-order valence-corrected chi connectivity index (χ0v) is 17.1. The fraction of sp³-hybridized carbons (Fsp3) is 0.632. The number of ether oxygens (including phenoxy) is 3. The number of alkyl halides is 3. The van der Waals surface area contributed by atoms with E-state index >= 15 is 0 Å². The van der Waals surface area contributed by atoms with Gasteiger partial charge in [0, 0.05) is 25.8 Å². The van der Waals surface area contributed by atoms with E-state index in [0.29, 0.717) is 6.61 Å². The molecule has 0 N–H and O–H groups in total. The number of esters is 1. The first-order chi connectivity index (χ1) is 14.1. The molecule has 0 spiro atoms. The molecule has 3 rings (SSSR count). The monoisotopic (exact) mass is 451 g/mol. The van der Waals surface area contributed by atoms with Gasteiger partial charge < -0.3 is 14.2 Å². The summed E-state index contributed by atoms with van der Waals surface area (Å²) >= 11 is 0. The number of piperidine rings is 1. The molecule has 0 aromatic heterocycles.